The van der Waals surface area contributed by atoms with Crippen LogP contribution in [-0.4, -0.2) is 45.8 Å². The van der Waals surface area contributed by atoms with Crippen molar-refractivity contribution >= 4 is 23.3 Å². The first-order valence-corrected chi connectivity index (χ1v) is 7.53. The number of hydrogen-bond acceptors (Lipinski definition) is 4. The molecule has 0 fully saturated rings. The number of carbonyl (C=O) groups is 1. The monoisotopic (exact) mass is 306 g/mol. The van der Waals surface area contributed by atoms with Crippen molar-refractivity contribution in [1.29, 1.82) is 0 Å². The summed E-state index contributed by atoms with van der Waals surface area (Å²) in [5.41, 5.74) is 0. The normalized spacial score (nSPS) is 10.6. The highest BCUT2D eigenvalue weighted by Gasteiger charge is 1.99. The number of carboxylic acid groups (broad SMARTS) is 1. The van der Waals surface area contributed by atoms with E-state index in [4.69, 9.17) is 27.5 Å². The van der Waals surface area contributed by atoms with Gasteiger partial charge in [-0.2, -0.15) is 0 Å². The molecule has 20 heavy (non-hydrogen) atoms. The van der Waals surface area contributed by atoms with E-state index in [0.717, 1.165) is 45.2 Å². The summed E-state index contributed by atoms with van der Waals surface area (Å²) in [6.07, 6.45) is 4.60. The number of carboxylic acids is 1. The second kappa shape index (κ2) is 13.1. The van der Waals surface area contributed by atoms with Gasteiger partial charge in [-0.3, -0.25) is 4.79 Å². The molecule has 0 atom stereocenters. The maximum atomic E-state index is 10.3. The minimum Gasteiger partial charge on any atom is -0.481 e. The molecule has 118 valence electrons. The quantitative estimate of drug-likeness (QED) is 0.208. The topological polar surface area (TPSA) is 102 Å². The van der Waals surface area contributed by atoms with Gasteiger partial charge in [0, 0.05) is 19.5 Å². The Morgan fingerprint density at radius 1 is 0.950 bits per heavy atom. The fraction of sp³-hybridized carbons (Fsp3) is 0.846. The molecule has 0 rings (SSSR count). The van der Waals surface area contributed by atoms with Gasteiger partial charge in [0.25, 0.3) is 0 Å². The highest BCUT2D eigenvalue weighted by molar-refractivity contribution is 7.80. The summed E-state index contributed by atoms with van der Waals surface area (Å²) in [5.74, 6) is -0.746. The third kappa shape index (κ3) is 15.1. The Kier molecular flexibility index (Phi) is 12.5. The molecule has 0 aliphatic carbocycles. The predicted molar refractivity (Wildman–Crippen MR) is 81.4 cm³/mol. The highest BCUT2D eigenvalue weighted by Crippen LogP contribution is 2.01. The summed E-state index contributed by atoms with van der Waals surface area (Å²) in [6.45, 7) is 1.52. The van der Waals surface area contributed by atoms with Crippen LogP contribution >= 0.6 is 12.2 Å². The molecule has 0 aliphatic rings. The van der Waals surface area contributed by atoms with Gasteiger partial charge in [-0.1, -0.05) is 12.8 Å². The summed E-state index contributed by atoms with van der Waals surface area (Å²) in [5, 5.41) is 32.6. The van der Waals surface area contributed by atoms with E-state index in [1.54, 1.807) is 0 Å². The minimum atomic E-state index is -1.20. The predicted octanol–water partition coefficient (Wildman–Crippen LogP) is 0.967. The van der Waals surface area contributed by atoms with E-state index in [2.05, 4.69) is 10.6 Å². The van der Waals surface area contributed by atoms with Crippen LogP contribution in [-0.2, 0) is 4.79 Å². The van der Waals surface area contributed by atoms with Gasteiger partial charge in [0.1, 0.15) is 0 Å². The molecule has 0 aromatic rings. The van der Waals surface area contributed by atoms with Crippen molar-refractivity contribution in [3.8, 4) is 0 Å². The van der Waals surface area contributed by atoms with E-state index in [1.165, 1.54) is 0 Å². The molecule has 0 heterocycles. The van der Waals surface area contributed by atoms with Gasteiger partial charge in [0.2, 0.25) is 0 Å². The van der Waals surface area contributed by atoms with Gasteiger partial charge in [-0.25, -0.2) is 0 Å². The Hall–Kier alpha value is -0.920. The lowest BCUT2D eigenvalue weighted by molar-refractivity contribution is -0.137. The Labute approximate surface area is 125 Å². The molecule has 0 spiro atoms. The summed E-state index contributed by atoms with van der Waals surface area (Å²) in [4.78, 5) is 10.3. The molecule has 5 N–H and O–H groups in total. The van der Waals surface area contributed by atoms with Crippen molar-refractivity contribution < 1.29 is 20.1 Å². The lowest BCUT2D eigenvalue weighted by Crippen LogP contribution is -2.36. The first-order valence-electron chi connectivity index (χ1n) is 7.12. The number of thiocarbonyl (C=S) groups is 1. The molecule has 0 saturated heterocycles. The molecule has 0 aromatic heterocycles. The standard InChI is InChI=1S/C13H26N2O4S/c16-11(17)7-3-1-5-9-14-13(20)15-10-6-2-4-8-12(18)19/h11,16-17H,1-10H2,(H,18,19)(H2,14,15,20). The third-order valence-corrected chi connectivity index (χ3v) is 3.07. The number of nitrogens with one attached hydrogen (secondary N) is 2. The smallest absolute Gasteiger partial charge is 0.303 e. The van der Waals surface area contributed by atoms with Gasteiger partial charge in [-0.05, 0) is 44.3 Å². The fourth-order valence-corrected chi connectivity index (χ4v) is 1.88. The van der Waals surface area contributed by atoms with E-state index in [-0.39, 0.29) is 6.42 Å². The number of aliphatic carboxylic acids is 1. The maximum Gasteiger partial charge on any atom is 0.303 e. The van der Waals surface area contributed by atoms with Crippen LogP contribution in [0.5, 0.6) is 0 Å². The van der Waals surface area contributed by atoms with Crippen LogP contribution < -0.4 is 10.6 Å². The molecule has 0 saturated carbocycles. The number of unbranched alkanes of at least 4 members (excludes halogenated alkanes) is 4. The van der Waals surface area contributed by atoms with Crippen LogP contribution in [0.2, 0.25) is 0 Å². The molecule has 0 radical (unpaired) electrons. The van der Waals surface area contributed by atoms with E-state index >= 15 is 0 Å². The van der Waals surface area contributed by atoms with Crippen LogP contribution in [0.4, 0.5) is 0 Å². The summed E-state index contributed by atoms with van der Waals surface area (Å²) >= 11 is 5.10. The van der Waals surface area contributed by atoms with E-state index in [1.807, 2.05) is 0 Å². The van der Waals surface area contributed by atoms with E-state index in [9.17, 15) is 4.79 Å². The number of aliphatic hydroxyl groups excluding tert-OH is 1. The molecular formula is C13H26N2O4S. The van der Waals surface area contributed by atoms with Crippen molar-refractivity contribution in [3.63, 3.8) is 0 Å². The van der Waals surface area contributed by atoms with E-state index in [0.29, 0.717) is 18.0 Å². The van der Waals surface area contributed by atoms with Crippen LogP contribution in [0.3, 0.4) is 0 Å². The molecule has 0 aliphatic heterocycles. The van der Waals surface area contributed by atoms with Crippen molar-refractivity contribution in [2.75, 3.05) is 13.1 Å². The molecular weight excluding hydrogens is 280 g/mol. The Balaban J connectivity index is 3.23. The SMILES string of the molecule is O=C(O)CCCCCNC(=S)NCCCCCC(O)O. The number of hydrogen-bond donors (Lipinski definition) is 5. The second-order valence-corrected chi connectivity index (χ2v) is 5.13. The third-order valence-electron chi connectivity index (χ3n) is 2.78. The average molecular weight is 306 g/mol. The van der Waals surface area contributed by atoms with Gasteiger partial charge in [0.05, 0.1) is 0 Å². The van der Waals surface area contributed by atoms with Gasteiger partial charge >= 0.3 is 5.97 Å². The van der Waals surface area contributed by atoms with Crippen molar-refractivity contribution in [2.45, 2.75) is 57.7 Å². The lowest BCUT2D eigenvalue weighted by atomic mass is 10.2. The van der Waals surface area contributed by atoms with Gasteiger partial charge in [0.15, 0.2) is 11.4 Å². The maximum absolute atomic E-state index is 10.3. The van der Waals surface area contributed by atoms with Crippen molar-refractivity contribution in [1.82, 2.24) is 10.6 Å². The van der Waals surface area contributed by atoms with Crippen LogP contribution in [0.25, 0.3) is 0 Å². The fourth-order valence-electron chi connectivity index (χ4n) is 1.67. The molecule has 0 bridgehead atoms. The first-order chi connectivity index (χ1) is 9.52. The molecule has 7 heteroatoms. The van der Waals surface area contributed by atoms with E-state index < -0.39 is 12.3 Å². The Morgan fingerprint density at radius 3 is 2.00 bits per heavy atom. The molecule has 0 unspecified atom stereocenters. The van der Waals surface area contributed by atoms with Crippen LogP contribution in [0.15, 0.2) is 0 Å². The lowest BCUT2D eigenvalue weighted by Gasteiger charge is -2.10. The van der Waals surface area contributed by atoms with Crippen LogP contribution in [0, 0.1) is 0 Å². The van der Waals surface area contributed by atoms with Crippen LogP contribution in [0.1, 0.15) is 51.4 Å². The largest absolute Gasteiger partial charge is 0.481 e. The average Bonchev–Trinajstić information content (AvgIpc) is 2.37. The van der Waals surface area contributed by atoms with Gasteiger partial charge in [-0.15, -0.1) is 0 Å². The molecule has 0 amide bonds. The highest BCUT2D eigenvalue weighted by atomic mass is 32.1. The minimum absolute atomic E-state index is 0.227. The zero-order valence-electron chi connectivity index (χ0n) is 11.8. The number of aliphatic hydroxyl groups is 2. The number of rotatable bonds is 12. The first kappa shape index (κ1) is 19.1. The summed E-state index contributed by atoms with van der Waals surface area (Å²) in [7, 11) is 0. The zero-order valence-corrected chi connectivity index (χ0v) is 12.6. The second-order valence-electron chi connectivity index (χ2n) is 4.72. The molecule has 6 nitrogen and oxygen atoms in total. The summed E-state index contributed by atoms with van der Waals surface area (Å²) in [6, 6.07) is 0. The Morgan fingerprint density at radius 2 is 1.50 bits per heavy atom. The van der Waals surface area contributed by atoms with Crippen molar-refractivity contribution in [3.05, 3.63) is 0 Å². The van der Waals surface area contributed by atoms with Gasteiger partial charge < -0.3 is 26.0 Å². The van der Waals surface area contributed by atoms with Crippen molar-refractivity contribution in [2.24, 2.45) is 0 Å². The Bertz CT molecular complexity index is 275. The zero-order chi connectivity index (χ0) is 15.2. The summed E-state index contributed by atoms with van der Waals surface area (Å²) < 4.78 is 0. The molecule has 0 aromatic carbocycles.